The van der Waals surface area contributed by atoms with Crippen molar-refractivity contribution in [2.24, 2.45) is 0 Å². The monoisotopic (exact) mass is 325 g/mol. The van der Waals surface area contributed by atoms with Gasteiger partial charge in [-0.2, -0.15) is 10.2 Å². The van der Waals surface area contributed by atoms with E-state index >= 15 is 0 Å². The Morgan fingerprint density at radius 1 is 1.38 bits per heavy atom. The fraction of sp³-hybridized carbons (Fsp3) is 0.294. The van der Waals surface area contributed by atoms with Gasteiger partial charge in [0.2, 0.25) is 5.91 Å². The molecule has 0 aliphatic rings. The van der Waals surface area contributed by atoms with E-state index in [1.54, 1.807) is 18.3 Å². The number of fused-ring (bicyclic) bond motifs is 1. The highest BCUT2D eigenvalue weighted by molar-refractivity contribution is 5.81. The summed E-state index contributed by atoms with van der Waals surface area (Å²) in [6.07, 6.45) is 2.22. The van der Waals surface area contributed by atoms with Crippen LogP contribution in [-0.2, 0) is 17.8 Å². The number of nitrogens with zero attached hydrogens (tertiary/aromatic N) is 3. The van der Waals surface area contributed by atoms with Gasteiger partial charge >= 0.3 is 0 Å². The van der Waals surface area contributed by atoms with Crippen LogP contribution in [-0.4, -0.2) is 31.9 Å². The molecule has 0 bridgehead atoms. The Kier molecular flexibility index (Phi) is 4.41. The fourth-order valence-corrected chi connectivity index (χ4v) is 2.64. The van der Waals surface area contributed by atoms with E-state index in [1.165, 1.54) is 4.68 Å². The van der Waals surface area contributed by atoms with Crippen molar-refractivity contribution in [2.75, 3.05) is 0 Å². The number of aromatic nitrogens is 4. The Labute approximate surface area is 138 Å². The summed E-state index contributed by atoms with van der Waals surface area (Å²) in [5, 5.41) is 15.3. The van der Waals surface area contributed by atoms with Crippen LogP contribution in [0, 0.1) is 6.92 Å². The third kappa shape index (κ3) is 3.51. The van der Waals surface area contributed by atoms with Crippen molar-refractivity contribution >= 4 is 16.7 Å². The first-order chi connectivity index (χ1) is 11.5. The van der Waals surface area contributed by atoms with Crippen molar-refractivity contribution in [2.45, 2.75) is 32.9 Å². The van der Waals surface area contributed by atoms with Crippen molar-refractivity contribution in [3.8, 4) is 0 Å². The lowest BCUT2D eigenvalue weighted by Gasteiger charge is -2.13. The standard InChI is InChI=1S/C17H19N5O2/c1-11(7-14-8-12(2)20-21-14)19-16(23)10-22-17(24)15-6-4-3-5-13(15)9-18-22/h3-6,8-9,11H,7,10H2,1-2H3,(H,19,23)(H,20,21)/t11-/m0/s1. The second-order valence-electron chi connectivity index (χ2n) is 5.91. The number of carbonyl (C=O) groups excluding carboxylic acids is 1. The van der Waals surface area contributed by atoms with Gasteiger partial charge in [0.15, 0.2) is 0 Å². The van der Waals surface area contributed by atoms with Crippen LogP contribution in [0.15, 0.2) is 41.3 Å². The highest BCUT2D eigenvalue weighted by Crippen LogP contribution is 2.06. The summed E-state index contributed by atoms with van der Waals surface area (Å²) in [6, 6.07) is 9.05. The molecule has 3 aromatic rings. The number of aromatic amines is 1. The lowest BCUT2D eigenvalue weighted by atomic mass is 10.2. The summed E-state index contributed by atoms with van der Waals surface area (Å²) in [5.41, 5.74) is 1.61. The van der Waals surface area contributed by atoms with Crippen LogP contribution in [0.4, 0.5) is 0 Å². The number of hydrogen-bond donors (Lipinski definition) is 2. The quantitative estimate of drug-likeness (QED) is 0.736. The SMILES string of the molecule is Cc1cc(C[C@H](C)NC(=O)Cn2ncc3ccccc3c2=O)n[nH]1. The average Bonchev–Trinajstić information content (AvgIpc) is 2.95. The van der Waals surface area contributed by atoms with Crippen molar-refractivity contribution in [1.29, 1.82) is 0 Å². The van der Waals surface area contributed by atoms with Gasteiger partial charge in [0.1, 0.15) is 6.54 Å². The van der Waals surface area contributed by atoms with E-state index in [-0.39, 0.29) is 24.1 Å². The molecule has 7 heteroatoms. The summed E-state index contributed by atoms with van der Waals surface area (Å²) in [5.74, 6) is -0.250. The molecule has 2 N–H and O–H groups in total. The molecule has 0 radical (unpaired) electrons. The summed E-state index contributed by atoms with van der Waals surface area (Å²) >= 11 is 0. The predicted molar refractivity (Wildman–Crippen MR) is 90.6 cm³/mol. The van der Waals surface area contributed by atoms with E-state index in [0.717, 1.165) is 16.8 Å². The molecule has 0 fully saturated rings. The minimum absolute atomic E-state index is 0.0867. The van der Waals surface area contributed by atoms with E-state index in [9.17, 15) is 9.59 Å². The van der Waals surface area contributed by atoms with Gasteiger partial charge in [-0.15, -0.1) is 0 Å². The summed E-state index contributed by atoms with van der Waals surface area (Å²) in [7, 11) is 0. The molecule has 3 rings (SSSR count). The lowest BCUT2D eigenvalue weighted by Crippen LogP contribution is -2.39. The van der Waals surface area contributed by atoms with Gasteiger partial charge in [-0.25, -0.2) is 4.68 Å². The second-order valence-corrected chi connectivity index (χ2v) is 5.91. The number of rotatable bonds is 5. The molecule has 0 spiro atoms. The minimum atomic E-state index is -0.265. The number of amides is 1. The molecule has 7 nitrogen and oxygen atoms in total. The number of benzene rings is 1. The van der Waals surface area contributed by atoms with Crippen molar-refractivity contribution < 1.29 is 4.79 Å². The first-order valence-electron chi connectivity index (χ1n) is 7.78. The van der Waals surface area contributed by atoms with Gasteiger partial charge in [-0.3, -0.25) is 14.7 Å². The molecule has 1 atom stereocenters. The maximum Gasteiger partial charge on any atom is 0.275 e. The normalized spacial score (nSPS) is 12.2. The molecule has 2 heterocycles. The van der Waals surface area contributed by atoms with Crippen LogP contribution in [0.2, 0.25) is 0 Å². The van der Waals surface area contributed by atoms with Crippen LogP contribution >= 0.6 is 0 Å². The zero-order chi connectivity index (χ0) is 17.1. The number of aryl methyl sites for hydroxylation is 1. The molecular weight excluding hydrogens is 306 g/mol. The molecule has 0 aliphatic carbocycles. The van der Waals surface area contributed by atoms with Crippen molar-refractivity contribution in [3.63, 3.8) is 0 Å². The van der Waals surface area contributed by atoms with E-state index in [2.05, 4.69) is 20.6 Å². The lowest BCUT2D eigenvalue weighted by molar-refractivity contribution is -0.122. The molecular formula is C17H19N5O2. The van der Waals surface area contributed by atoms with Crippen LogP contribution in [0.25, 0.3) is 10.8 Å². The second kappa shape index (κ2) is 6.66. The maximum absolute atomic E-state index is 12.3. The predicted octanol–water partition coefficient (Wildman–Crippen LogP) is 1.18. The molecule has 0 unspecified atom stereocenters. The van der Waals surface area contributed by atoms with Crippen LogP contribution < -0.4 is 10.9 Å². The van der Waals surface area contributed by atoms with Crippen LogP contribution in [0.1, 0.15) is 18.3 Å². The van der Waals surface area contributed by atoms with Crippen LogP contribution in [0.5, 0.6) is 0 Å². The maximum atomic E-state index is 12.3. The van der Waals surface area contributed by atoms with Crippen molar-refractivity contribution in [1.82, 2.24) is 25.3 Å². The molecule has 1 amide bonds. The van der Waals surface area contributed by atoms with Gasteiger partial charge < -0.3 is 5.32 Å². The van der Waals surface area contributed by atoms with Gasteiger partial charge in [0.05, 0.1) is 17.3 Å². The minimum Gasteiger partial charge on any atom is -0.352 e. The molecule has 24 heavy (non-hydrogen) atoms. The van der Waals surface area contributed by atoms with Gasteiger partial charge in [0.25, 0.3) is 5.56 Å². The highest BCUT2D eigenvalue weighted by Gasteiger charge is 2.12. The van der Waals surface area contributed by atoms with Gasteiger partial charge in [-0.1, -0.05) is 18.2 Å². The first-order valence-corrected chi connectivity index (χ1v) is 7.78. The molecule has 1 aromatic carbocycles. The summed E-state index contributed by atoms with van der Waals surface area (Å²) in [4.78, 5) is 24.5. The summed E-state index contributed by atoms with van der Waals surface area (Å²) < 4.78 is 1.18. The Morgan fingerprint density at radius 2 is 2.17 bits per heavy atom. The highest BCUT2D eigenvalue weighted by atomic mass is 16.2. The third-order valence-electron chi connectivity index (χ3n) is 3.74. The topological polar surface area (TPSA) is 92.7 Å². The van der Waals surface area contributed by atoms with Crippen molar-refractivity contribution in [3.05, 3.63) is 58.3 Å². The molecule has 124 valence electrons. The zero-order valence-corrected chi connectivity index (χ0v) is 13.6. The zero-order valence-electron chi connectivity index (χ0n) is 13.6. The molecule has 2 aromatic heterocycles. The van der Waals surface area contributed by atoms with E-state index in [1.807, 2.05) is 32.0 Å². The number of carbonyl (C=O) groups is 1. The van der Waals surface area contributed by atoms with Gasteiger partial charge in [-0.05, 0) is 26.0 Å². The largest absolute Gasteiger partial charge is 0.352 e. The van der Waals surface area contributed by atoms with E-state index < -0.39 is 0 Å². The Morgan fingerprint density at radius 3 is 2.92 bits per heavy atom. The molecule has 0 saturated carbocycles. The summed E-state index contributed by atoms with van der Waals surface area (Å²) in [6.45, 7) is 3.73. The molecule has 0 saturated heterocycles. The number of H-pyrrole nitrogens is 1. The molecule has 0 aliphatic heterocycles. The Balaban J connectivity index is 1.66. The van der Waals surface area contributed by atoms with Crippen LogP contribution in [0.3, 0.4) is 0 Å². The third-order valence-corrected chi connectivity index (χ3v) is 3.74. The Hall–Kier alpha value is -2.96. The number of nitrogens with one attached hydrogen (secondary N) is 2. The van der Waals surface area contributed by atoms with E-state index in [4.69, 9.17) is 0 Å². The first kappa shape index (κ1) is 15.9. The fourth-order valence-electron chi connectivity index (χ4n) is 2.64. The van der Waals surface area contributed by atoms with Gasteiger partial charge in [0, 0.05) is 23.5 Å². The van der Waals surface area contributed by atoms with E-state index in [0.29, 0.717) is 11.8 Å². The Bertz CT molecular complexity index is 928. The average molecular weight is 325 g/mol. The number of hydrogen-bond acceptors (Lipinski definition) is 4. The smallest absolute Gasteiger partial charge is 0.275 e.